The van der Waals surface area contributed by atoms with Crippen molar-refractivity contribution in [2.75, 3.05) is 27.2 Å². The molecule has 0 spiro atoms. The van der Waals surface area contributed by atoms with Gasteiger partial charge in [-0.25, -0.2) is 0 Å². The molecule has 4 heteroatoms. The van der Waals surface area contributed by atoms with Crippen LogP contribution in [-0.4, -0.2) is 43.8 Å². The van der Waals surface area contributed by atoms with Gasteiger partial charge in [0.1, 0.15) is 12.3 Å². The summed E-state index contributed by atoms with van der Waals surface area (Å²) in [6.07, 6.45) is 13.2. The number of unbranched alkanes of at least 4 members (excludes halogenated alkanes) is 7. The van der Waals surface area contributed by atoms with Crippen LogP contribution < -0.4 is 4.74 Å². The molecule has 4 nitrogen and oxygen atoms in total. The van der Waals surface area contributed by atoms with Crippen molar-refractivity contribution >= 4 is 5.97 Å². The summed E-state index contributed by atoms with van der Waals surface area (Å²) in [6.45, 7) is 8.59. The second-order valence-electron chi connectivity index (χ2n) is 11.7. The topological polar surface area (TPSA) is 35.5 Å². The maximum absolute atomic E-state index is 12.6. The summed E-state index contributed by atoms with van der Waals surface area (Å²) >= 11 is 0. The van der Waals surface area contributed by atoms with Gasteiger partial charge >= 0.3 is 5.97 Å². The van der Waals surface area contributed by atoms with E-state index in [0.717, 1.165) is 36.2 Å². The van der Waals surface area contributed by atoms with E-state index in [0.29, 0.717) is 13.0 Å². The van der Waals surface area contributed by atoms with Gasteiger partial charge in [-0.15, -0.1) is 0 Å². The van der Waals surface area contributed by atoms with E-state index in [1.165, 1.54) is 62.5 Å². The van der Waals surface area contributed by atoms with Crippen molar-refractivity contribution in [2.24, 2.45) is 5.92 Å². The molecule has 0 radical (unpaired) electrons. The highest BCUT2D eigenvalue weighted by Gasteiger charge is 2.22. The Kier molecular flexibility index (Phi) is 15.1. The highest BCUT2D eigenvalue weighted by atomic mass is 16.5. The van der Waals surface area contributed by atoms with E-state index in [1.54, 1.807) is 0 Å². The lowest BCUT2D eigenvalue weighted by Gasteiger charge is -2.30. The van der Waals surface area contributed by atoms with Crippen LogP contribution in [0.3, 0.4) is 0 Å². The first-order chi connectivity index (χ1) is 18.3. The van der Waals surface area contributed by atoms with Crippen LogP contribution in [0.5, 0.6) is 5.75 Å². The van der Waals surface area contributed by atoms with Crippen LogP contribution in [0.1, 0.15) is 96.1 Å². The Morgan fingerprint density at radius 3 is 2.16 bits per heavy atom. The molecule has 0 saturated heterocycles. The molecular formula is C34H54NO3+. The number of carbonyl (C=O) groups excluding carboxylic acids is 1. The number of carbonyl (C=O) groups is 1. The zero-order valence-corrected chi connectivity index (χ0v) is 24.9. The van der Waals surface area contributed by atoms with Crippen molar-refractivity contribution in [3.63, 3.8) is 0 Å². The van der Waals surface area contributed by atoms with Crippen molar-refractivity contribution in [1.29, 1.82) is 0 Å². The summed E-state index contributed by atoms with van der Waals surface area (Å²) in [4.78, 5) is 12.6. The lowest BCUT2D eigenvalue weighted by molar-refractivity contribution is -0.904. The first kappa shape index (κ1) is 31.9. The normalized spacial score (nSPS) is 13.2. The van der Waals surface area contributed by atoms with Gasteiger partial charge in [-0.3, -0.25) is 4.79 Å². The molecule has 0 N–H and O–H groups in total. The zero-order chi connectivity index (χ0) is 27.6. The summed E-state index contributed by atoms with van der Waals surface area (Å²) in [7, 11) is 4.44. The highest BCUT2D eigenvalue weighted by molar-refractivity contribution is 5.71. The van der Waals surface area contributed by atoms with Gasteiger partial charge in [0.05, 0.1) is 39.3 Å². The monoisotopic (exact) mass is 524 g/mol. The minimum Gasteiger partial charge on any atom is -0.490 e. The molecule has 0 aliphatic heterocycles. The molecule has 2 atom stereocenters. The molecule has 38 heavy (non-hydrogen) atoms. The number of benzene rings is 2. The number of esters is 1. The van der Waals surface area contributed by atoms with Crippen LogP contribution in [0, 0.1) is 5.92 Å². The van der Waals surface area contributed by atoms with Crippen LogP contribution >= 0.6 is 0 Å². The van der Waals surface area contributed by atoms with Crippen LogP contribution in [0.25, 0.3) is 0 Å². The van der Waals surface area contributed by atoms with Gasteiger partial charge in [0.25, 0.3) is 0 Å². The van der Waals surface area contributed by atoms with Gasteiger partial charge in [-0.05, 0) is 31.4 Å². The molecule has 0 amide bonds. The fourth-order valence-corrected chi connectivity index (χ4v) is 4.84. The van der Waals surface area contributed by atoms with Crippen molar-refractivity contribution in [1.82, 2.24) is 0 Å². The second-order valence-corrected chi connectivity index (χ2v) is 11.7. The van der Waals surface area contributed by atoms with Gasteiger partial charge in [-0.1, -0.05) is 107 Å². The molecule has 0 bridgehead atoms. The third kappa shape index (κ3) is 13.5. The Bertz CT molecular complexity index is 896. The molecule has 0 fully saturated rings. The molecule has 2 rings (SSSR count). The van der Waals surface area contributed by atoms with Gasteiger partial charge < -0.3 is 14.0 Å². The number of nitrogens with zero attached hydrogens (tertiary/aromatic N) is 1. The molecule has 2 aromatic rings. The van der Waals surface area contributed by atoms with Gasteiger partial charge in [0.2, 0.25) is 0 Å². The molecule has 2 unspecified atom stereocenters. The first-order valence-electron chi connectivity index (χ1n) is 15.1. The summed E-state index contributed by atoms with van der Waals surface area (Å²) in [6, 6.07) is 18.9. The molecular weight excluding hydrogens is 470 g/mol. The number of para-hydroxylation sites is 1. The smallest absolute Gasteiger partial charge is 0.308 e. The highest BCUT2D eigenvalue weighted by Crippen LogP contribution is 2.23. The number of ether oxygens (including phenoxy) is 2. The maximum Gasteiger partial charge on any atom is 0.308 e. The Morgan fingerprint density at radius 1 is 0.816 bits per heavy atom. The summed E-state index contributed by atoms with van der Waals surface area (Å²) in [5, 5.41) is 0. The molecule has 0 aliphatic carbocycles. The van der Waals surface area contributed by atoms with Crippen LogP contribution in [0.4, 0.5) is 0 Å². The van der Waals surface area contributed by atoms with E-state index in [-0.39, 0.29) is 18.0 Å². The van der Waals surface area contributed by atoms with E-state index in [1.807, 2.05) is 19.1 Å². The third-order valence-corrected chi connectivity index (χ3v) is 7.39. The Balaban J connectivity index is 1.65. The zero-order valence-electron chi connectivity index (χ0n) is 24.9. The number of quaternary nitrogens is 1. The number of rotatable bonds is 20. The molecule has 0 aromatic heterocycles. The third-order valence-electron chi connectivity index (χ3n) is 7.39. The van der Waals surface area contributed by atoms with Gasteiger partial charge in [0.15, 0.2) is 0 Å². The molecule has 0 saturated carbocycles. The SMILES string of the molecule is CCCCCCCCCCc1ccccc1OC(C)CCOC(=O)C(C)CC[N+](C)(C)Cc1ccccc1. The molecule has 0 aliphatic rings. The Hall–Kier alpha value is -2.33. The number of aryl methyl sites for hydroxylation is 1. The van der Waals surface area contributed by atoms with Crippen molar-refractivity contribution in [2.45, 2.75) is 104 Å². The fraction of sp³-hybridized carbons (Fsp3) is 0.618. The van der Waals surface area contributed by atoms with Crippen molar-refractivity contribution < 1.29 is 18.8 Å². The molecule has 0 heterocycles. The lowest BCUT2D eigenvalue weighted by Crippen LogP contribution is -2.40. The minimum atomic E-state index is -0.105. The minimum absolute atomic E-state index is 0.000654. The van der Waals surface area contributed by atoms with E-state index < -0.39 is 0 Å². The quantitative estimate of drug-likeness (QED) is 0.0991. The predicted molar refractivity (Wildman–Crippen MR) is 159 cm³/mol. The van der Waals surface area contributed by atoms with Crippen molar-refractivity contribution in [3.8, 4) is 5.75 Å². The second kappa shape index (κ2) is 18.0. The number of hydrogen-bond acceptors (Lipinski definition) is 3. The van der Waals surface area contributed by atoms with E-state index in [9.17, 15) is 4.79 Å². The van der Waals surface area contributed by atoms with Crippen molar-refractivity contribution in [3.05, 3.63) is 65.7 Å². The average molecular weight is 525 g/mol. The molecule has 2 aromatic carbocycles. The van der Waals surface area contributed by atoms with E-state index >= 15 is 0 Å². The van der Waals surface area contributed by atoms with E-state index in [2.05, 4.69) is 70.4 Å². The average Bonchev–Trinajstić information content (AvgIpc) is 2.90. The molecule has 212 valence electrons. The van der Waals surface area contributed by atoms with Crippen LogP contribution in [-0.2, 0) is 22.5 Å². The summed E-state index contributed by atoms with van der Waals surface area (Å²) < 4.78 is 12.7. The largest absolute Gasteiger partial charge is 0.490 e. The maximum atomic E-state index is 12.6. The first-order valence-corrected chi connectivity index (χ1v) is 15.1. The Labute approximate surface area is 233 Å². The lowest BCUT2D eigenvalue weighted by atomic mass is 10.0. The van der Waals surface area contributed by atoms with Crippen LogP contribution in [0.2, 0.25) is 0 Å². The summed E-state index contributed by atoms with van der Waals surface area (Å²) in [5.74, 6) is 0.764. The van der Waals surface area contributed by atoms with Gasteiger partial charge in [-0.2, -0.15) is 0 Å². The fourth-order valence-electron chi connectivity index (χ4n) is 4.84. The number of hydrogen-bond donors (Lipinski definition) is 0. The Morgan fingerprint density at radius 2 is 1.45 bits per heavy atom. The predicted octanol–water partition coefficient (Wildman–Crippen LogP) is 8.37. The van der Waals surface area contributed by atoms with Crippen LogP contribution in [0.15, 0.2) is 54.6 Å². The standard InChI is InChI=1S/C34H54NO3/c1-6-7-8-9-10-11-12-16-21-32-22-17-18-23-33(32)38-30(3)25-27-37-34(36)29(2)24-26-35(4,5)28-31-19-14-13-15-20-31/h13-15,17-20,22-23,29-30H,6-12,16,21,24-28H2,1-5H3/q+1. The van der Waals surface area contributed by atoms with E-state index in [4.69, 9.17) is 9.47 Å². The summed E-state index contributed by atoms with van der Waals surface area (Å²) in [5.41, 5.74) is 2.60. The van der Waals surface area contributed by atoms with Gasteiger partial charge in [0, 0.05) is 18.4 Å².